The highest BCUT2D eigenvalue weighted by Gasteiger charge is 2.53. The molecule has 4 N–H and O–H groups in total. The summed E-state index contributed by atoms with van der Waals surface area (Å²) in [6.07, 6.45) is 5.84. The third kappa shape index (κ3) is 6.30. The van der Waals surface area contributed by atoms with Gasteiger partial charge in [-0.2, -0.15) is 4.98 Å². The molecule has 1 fully saturated rings. The number of carbonyl (C=O) groups is 2. The molecule has 0 spiro atoms. The summed E-state index contributed by atoms with van der Waals surface area (Å²) in [7, 11) is 0. The molecule has 4 aromatic rings. The number of ether oxygens (including phenoxy) is 5. The van der Waals surface area contributed by atoms with Crippen molar-refractivity contribution >= 4 is 40.8 Å². The molecule has 3 atom stereocenters. The first-order chi connectivity index (χ1) is 20.7. The molecule has 5 heterocycles. The van der Waals surface area contributed by atoms with Crippen molar-refractivity contribution in [3.63, 3.8) is 0 Å². The van der Waals surface area contributed by atoms with Crippen molar-refractivity contribution in [3.8, 4) is 12.3 Å². The van der Waals surface area contributed by atoms with E-state index in [1.54, 1.807) is 29.0 Å². The SMILES string of the molecule is C#C[C@]1(COC(=O)OCc2ccc[nH]c2=O)O[C@@H](n2ccc3c(N)nc(Cl)nc32)C[C@@H]1OC(=O)OCc1ccc[nH]c1=O. The maximum absolute atomic E-state index is 12.7. The Morgan fingerprint density at radius 3 is 2.35 bits per heavy atom. The van der Waals surface area contributed by atoms with Crippen LogP contribution in [0, 0.1) is 12.3 Å². The summed E-state index contributed by atoms with van der Waals surface area (Å²) in [5.74, 6) is 2.55. The Morgan fingerprint density at radius 2 is 1.72 bits per heavy atom. The zero-order chi connectivity index (χ0) is 30.6. The first-order valence-corrected chi connectivity index (χ1v) is 13.0. The lowest BCUT2D eigenvalue weighted by molar-refractivity contribution is -0.106. The predicted molar refractivity (Wildman–Crippen MR) is 149 cm³/mol. The number of nitrogens with two attached hydrogens (primary N) is 1. The van der Waals surface area contributed by atoms with E-state index < -0.39 is 48.0 Å². The second-order valence-electron chi connectivity index (χ2n) is 9.20. The third-order valence-electron chi connectivity index (χ3n) is 6.54. The number of carbonyl (C=O) groups excluding carboxylic acids is 2. The first kappa shape index (κ1) is 29.2. The summed E-state index contributed by atoms with van der Waals surface area (Å²) >= 11 is 6.01. The lowest BCUT2D eigenvalue weighted by Gasteiger charge is -2.28. The monoisotopic (exact) mass is 610 g/mol. The number of rotatable bonds is 8. The number of nitrogens with one attached hydrogen (secondary N) is 2. The van der Waals surface area contributed by atoms with E-state index in [2.05, 4.69) is 25.9 Å². The van der Waals surface area contributed by atoms with Crippen LogP contribution >= 0.6 is 11.6 Å². The van der Waals surface area contributed by atoms with Crippen LogP contribution in [0.25, 0.3) is 11.0 Å². The Hall–Kier alpha value is -5.33. The van der Waals surface area contributed by atoms with Crippen LogP contribution in [0.5, 0.6) is 0 Å². The van der Waals surface area contributed by atoms with E-state index >= 15 is 0 Å². The van der Waals surface area contributed by atoms with Gasteiger partial charge in [0.1, 0.15) is 37.5 Å². The summed E-state index contributed by atoms with van der Waals surface area (Å²) in [4.78, 5) is 62.0. The van der Waals surface area contributed by atoms with Crippen LogP contribution in [0.2, 0.25) is 5.28 Å². The van der Waals surface area contributed by atoms with Gasteiger partial charge in [0.05, 0.1) is 16.5 Å². The summed E-state index contributed by atoms with van der Waals surface area (Å²) in [5.41, 5.74) is 3.94. The number of aromatic amines is 2. The number of H-pyrrole nitrogens is 2. The van der Waals surface area contributed by atoms with Gasteiger partial charge in [-0.05, 0) is 41.9 Å². The molecule has 4 aromatic heterocycles. The van der Waals surface area contributed by atoms with Crippen LogP contribution < -0.4 is 16.9 Å². The Bertz CT molecular complexity index is 1830. The van der Waals surface area contributed by atoms with Crippen molar-refractivity contribution in [2.75, 3.05) is 12.3 Å². The standard InChI is InChI=1S/C27H23ClN6O9/c1-2-27(14-41-25(37)39-12-15-5-3-8-30-22(15)35)18(42-26(38)40-13-16-6-4-9-31-23(16)36)11-19(43-27)34-10-7-17-20(29)32-24(28)33-21(17)34/h1,3-10,18-19H,11-14H2,(H,30,35)(H,31,36)(H2,29,32,33)/t18-,19+,27+/m0/s1. The topological polar surface area (TPSA) is 203 Å². The van der Waals surface area contributed by atoms with Crippen molar-refractivity contribution in [2.24, 2.45) is 0 Å². The van der Waals surface area contributed by atoms with Crippen LogP contribution in [0.3, 0.4) is 0 Å². The molecule has 0 amide bonds. The molecule has 0 saturated carbocycles. The van der Waals surface area contributed by atoms with Crippen LogP contribution in [-0.4, -0.2) is 55.1 Å². The number of anilines is 1. The normalized spacial score (nSPS) is 19.4. The van der Waals surface area contributed by atoms with E-state index in [1.165, 1.54) is 24.5 Å². The molecular weight excluding hydrogens is 588 g/mol. The number of hydrogen-bond donors (Lipinski definition) is 3. The van der Waals surface area contributed by atoms with Crippen LogP contribution in [-0.2, 0) is 36.9 Å². The minimum absolute atomic E-state index is 0.0473. The van der Waals surface area contributed by atoms with E-state index in [-0.39, 0.29) is 41.9 Å². The maximum atomic E-state index is 12.7. The van der Waals surface area contributed by atoms with Gasteiger partial charge in [-0.1, -0.05) is 5.92 Å². The molecule has 5 rings (SSSR count). The summed E-state index contributed by atoms with van der Waals surface area (Å²) in [6, 6.07) is 7.73. The lowest BCUT2D eigenvalue weighted by atomic mass is 9.98. The molecule has 1 saturated heterocycles. The first-order valence-electron chi connectivity index (χ1n) is 12.6. The van der Waals surface area contributed by atoms with Crippen LogP contribution in [0.1, 0.15) is 23.8 Å². The molecule has 0 aromatic carbocycles. The van der Waals surface area contributed by atoms with Gasteiger partial charge in [0.25, 0.3) is 11.1 Å². The fourth-order valence-electron chi connectivity index (χ4n) is 4.38. The highest BCUT2D eigenvalue weighted by molar-refractivity contribution is 6.28. The number of fused-ring (bicyclic) bond motifs is 1. The number of pyridine rings is 2. The molecule has 0 bridgehead atoms. The van der Waals surface area contributed by atoms with Gasteiger partial charge >= 0.3 is 12.3 Å². The zero-order valence-electron chi connectivity index (χ0n) is 22.2. The fourth-order valence-corrected chi connectivity index (χ4v) is 4.55. The molecule has 1 aliphatic rings. The number of terminal acetylenes is 1. The van der Waals surface area contributed by atoms with Crippen LogP contribution in [0.15, 0.2) is 58.5 Å². The van der Waals surface area contributed by atoms with Crippen molar-refractivity contribution in [1.29, 1.82) is 0 Å². The summed E-state index contributed by atoms with van der Waals surface area (Å²) in [6.45, 7) is -1.37. The van der Waals surface area contributed by atoms with Crippen molar-refractivity contribution in [2.45, 2.75) is 37.6 Å². The molecular formula is C27H23ClN6O9. The summed E-state index contributed by atoms with van der Waals surface area (Å²) in [5, 5.41) is 0.369. The highest BCUT2D eigenvalue weighted by Crippen LogP contribution is 2.41. The van der Waals surface area contributed by atoms with E-state index in [1.807, 2.05) is 0 Å². The maximum Gasteiger partial charge on any atom is 0.509 e. The van der Waals surface area contributed by atoms with Gasteiger partial charge in [-0.3, -0.25) is 9.59 Å². The second-order valence-corrected chi connectivity index (χ2v) is 9.54. The molecule has 0 radical (unpaired) electrons. The fraction of sp³-hybridized carbons (Fsp3) is 0.259. The van der Waals surface area contributed by atoms with Crippen LogP contribution in [0.4, 0.5) is 15.4 Å². The van der Waals surface area contributed by atoms with E-state index in [0.29, 0.717) is 11.0 Å². The predicted octanol–water partition coefficient (Wildman–Crippen LogP) is 2.41. The van der Waals surface area contributed by atoms with Gasteiger partial charge in [-0.25, -0.2) is 14.6 Å². The van der Waals surface area contributed by atoms with E-state index in [9.17, 15) is 19.2 Å². The average Bonchev–Trinajstić information content (AvgIpc) is 3.57. The molecule has 0 aliphatic carbocycles. The quantitative estimate of drug-likeness (QED) is 0.149. The van der Waals surface area contributed by atoms with Gasteiger partial charge < -0.3 is 44.0 Å². The number of aromatic nitrogens is 5. The van der Waals surface area contributed by atoms with E-state index in [4.69, 9.17) is 47.4 Å². The summed E-state index contributed by atoms with van der Waals surface area (Å²) < 4.78 is 28.7. The third-order valence-corrected chi connectivity index (χ3v) is 6.71. The lowest BCUT2D eigenvalue weighted by Crippen LogP contribution is -2.45. The van der Waals surface area contributed by atoms with Gasteiger partial charge in [-0.15, -0.1) is 6.42 Å². The second kappa shape index (κ2) is 12.3. The Kier molecular flexibility index (Phi) is 8.32. The number of hydrogen-bond acceptors (Lipinski definition) is 12. The molecule has 1 aliphatic heterocycles. The average molecular weight is 611 g/mol. The van der Waals surface area contributed by atoms with Gasteiger partial charge in [0.15, 0.2) is 6.10 Å². The van der Waals surface area contributed by atoms with E-state index in [0.717, 1.165) is 0 Å². The zero-order valence-corrected chi connectivity index (χ0v) is 22.9. The number of nitrogen functional groups attached to an aromatic ring is 1. The van der Waals surface area contributed by atoms with Crippen molar-refractivity contribution in [1.82, 2.24) is 24.5 Å². The highest BCUT2D eigenvalue weighted by atomic mass is 35.5. The Balaban J connectivity index is 1.35. The Morgan fingerprint density at radius 1 is 1.07 bits per heavy atom. The van der Waals surface area contributed by atoms with Gasteiger partial charge in [0.2, 0.25) is 10.9 Å². The van der Waals surface area contributed by atoms with Crippen molar-refractivity contribution in [3.05, 3.63) is 86.0 Å². The molecule has 0 unspecified atom stereocenters. The molecule has 43 heavy (non-hydrogen) atoms. The molecule has 16 heteroatoms. The molecule has 222 valence electrons. The minimum atomic E-state index is -1.82. The largest absolute Gasteiger partial charge is 0.509 e. The Labute approximate surface area is 246 Å². The number of nitrogens with zero attached hydrogens (tertiary/aromatic N) is 3. The van der Waals surface area contributed by atoms with Gasteiger partial charge in [0, 0.05) is 25.0 Å². The number of halogens is 1. The smallest absolute Gasteiger partial charge is 0.430 e. The van der Waals surface area contributed by atoms with Crippen molar-refractivity contribution < 1.29 is 33.3 Å². The molecule has 15 nitrogen and oxygen atoms in total. The minimum Gasteiger partial charge on any atom is -0.430 e.